The number of phosphoric acid groups is 4. The molecular weight excluding hydrogens is 912 g/mol. The van der Waals surface area contributed by atoms with E-state index in [0.717, 1.165) is 11.7 Å². The summed E-state index contributed by atoms with van der Waals surface area (Å²) in [6.45, 7) is 0.549. The first-order valence-corrected chi connectivity index (χ1v) is 23.3. The second-order valence-electron chi connectivity index (χ2n) is 13.7. The van der Waals surface area contributed by atoms with Crippen LogP contribution < -0.4 is 31.7 Å². The largest absolute Gasteiger partial charge is 0.490 e. The Bertz CT molecular complexity index is 2620. The van der Waals surface area contributed by atoms with Crippen molar-refractivity contribution < 1.29 is 98.1 Å². The number of rotatable bonds is 17. The van der Waals surface area contributed by atoms with Gasteiger partial charge in [0.1, 0.15) is 36.6 Å². The minimum Gasteiger partial charge on any atom is -0.384 e. The molecule has 0 amide bonds. The molecule has 6 rings (SSSR count). The summed E-state index contributed by atoms with van der Waals surface area (Å²) in [4.78, 5) is 79.0. The lowest BCUT2D eigenvalue weighted by Crippen LogP contribution is -2.46. The van der Waals surface area contributed by atoms with Crippen LogP contribution in [0.2, 0.25) is 0 Å². The Morgan fingerprint density at radius 2 is 1.16 bits per heavy atom. The molecule has 61 heavy (non-hydrogen) atoms. The fourth-order valence-electron chi connectivity index (χ4n) is 6.60. The van der Waals surface area contributed by atoms with Crippen molar-refractivity contribution in [1.29, 1.82) is 0 Å². The Morgan fingerprint density at radius 3 is 1.57 bits per heavy atom. The first-order valence-electron chi connectivity index (χ1n) is 17.3. The average molecular weight is 955 g/mol. The Kier molecular flexibility index (Phi) is 13.4. The molecule has 7 unspecified atom stereocenters. The first kappa shape index (κ1) is 47.1. The number of aryl methyl sites for hydroxylation is 2. The van der Waals surface area contributed by atoms with Crippen LogP contribution in [0.4, 0.5) is 11.9 Å². The maximum Gasteiger partial charge on any atom is 0.490 e. The highest BCUT2D eigenvalue weighted by Gasteiger charge is 2.53. The minimum absolute atomic E-state index is 0.0223. The normalized spacial score (nSPS) is 28.6. The van der Waals surface area contributed by atoms with Gasteiger partial charge in [-0.1, -0.05) is 9.97 Å². The van der Waals surface area contributed by atoms with Crippen LogP contribution in [0.25, 0.3) is 22.3 Å². The molecule has 0 aromatic carbocycles. The molecule has 0 spiro atoms. The van der Waals surface area contributed by atoms with Gasteiger partial charge in [0.15, 0.2) is 12.7 Å². The van der Waals surface area contributed by atoms with Crippen LogP contribution >= 0.6 is 31.3 Å². The Balaban J connectivity index is 1.13. The zero-order chi connectivity index (χ0) is 45.1. The van der Waals surface area contributed by atoms with Gasteiger partial charge in [0.05, 0.1) is 33.4 Å². The highest BCUT2D eigenvalue weighted by Crippen LogP contribution is 2.68. The average Bonchev–Trinajstić information content (AvgIpc) is 3.81. The molecule has 12 atom stereocenters. The molecule has 2 fully saturated rings. The molecule has 31 nitrogen and oxygen atoms in total. The second-order valence-corrected chi connectivity index (χ2v) is 19.7. The highest BCUT2D eigenvalue weighted by molar-refractivity contribution is 7.66. The van der Waals surface area contributed by atoms with Gasteiger partial charge >= 0.3 is 42.6 Å². The number of aliphatic hydroxyl groups is 2. The number of phosphoric ester groups is 3. The van der Waals surface area contributed by atoms with Crippen molar-refractivity contribution in [2.24, 2.45) is 14.1 Å². The van der Waals surface area contributed by atoms with E-state index in [1.165, 1.54) is 54.3 Å². The van der Waals surface area contributed by atoms with Gasteiger partial charge in [0.2, 0.25) is 23.5 Å². The van der Waals surface area contributed by atoms with Crippen molar-refractivity contribution >= 4 is 65.5 Å². The number of H-pyrrole nitrogens is 2. The monoisotopic (exact) mass is 954 g/mol. The standard InChI is InChI=1S/C26H40N10O21P4/c1-10(2)54-60(45,46)55-18-12(53-24(16(18)38)36-9-34(4)14-20(36)30-26(28)32-22(14)40)7-51-59(43,44)57-61(47,48)56-58(41,42)50-6-11-17(49-5)15(37)23(52-11)35-8-33(3)13-19(35)29-25(27)31-21(13)39/h8-12,15-18,23-24,37-38H,6-7H2,1-5H3,(H8-2,27,28,29,30,31,32,39,40,41,42,43,44,45,46,47,48)/p+2/t11-,12-,15?,16+,17?,18?,23-,24-/m1/s1. The zero-order valence-corrected chi connectivity index (χ0v) is 35.8. The van der Waals surface area contributed by atoms with E-state index in [0.29, 0.717) is 0 Å². The molecule has 2 saturated heterocycles. The van der Waals surface area contributed by atoms with Gasteiger partial charge < -0.3 is 55.5 Å². The molecule has 2 aliphatic rings. The lowest BCUT2D eigenvalue weighted by Gasteiger charge is -2.24. The third-order valence-electron chi connectivity index (χ3n) is 8.83. The molecule has 4 aromatic heterocycles. The number of hydrogen-bond acceptors (Lipinski definition) is 21. The molecule has 4 aromatic rings. The smallest absolute Gasteiger partial charge is 0.384 e. The van der Waals surface area contributed by atoms with Gasteiger partial charge in [-0.3, -0.25) is 46.8 Å². The topological polar surface area (TPSA) is 434 Å². The molecule has 0 radical (unpaired) electrons. The molecule has 35 heteroatoms. The third-order valence-corrected chi connectivity index (χ3v) is 14.3. The van der Waals surface area contributed by atoms with Crippen molar-refractivity contribution in [1.82, 2.24) is 29.1 Å². The van der Waals surface area contributed by atoms with E-state index in [4.69, 9.17) is 43.8 Å². The number of nitrogens with two attached hydrogens (primary N) is 2. The number of ether oxygens (including phenoxy) is 3. The quantitative estimate of drug-likeness (QED) is 0.0374. The van der Waals surface area contributed by atoms with Crippen LogP contribution in [0.15, 0.2) is 22.2 Å². The van der Waals surface area contributed by atoms with Crippen LogP contribution in [0.3, 0.4) is 0 Å². The molecular formula is C26H42N10O21P4+2. The van der Waals surface area contributed by atoms with Crippen LogP contribution in [-0.4, -0.2) is 122 Å². The predicted molar refractivity (Wildman–Crippen MR) is 197 cm³/mol. The van der Waals surface area contributed by atoms with Crippen molar-refractivity contribution in [2.45, 2.75) is 69.0 Å². The van der Waals surface area contributed by atoms with Gasteiger partial charge in [0, 0.05) is 7.11 Å². The van der Waals surface area contributed by atoms with Crippen LogP contribution in [-0.2, 0) is 73.3 Å². The van der Waals surface area contributed by atoms with E-state index in [1.54, 1.807) is 0 Å². The maximum atomic E-state index is 12.9. The molecule has 0 saturated carbocycles. The highest BCUT2D eigenvalue weighted by atomic mass is 31.3. The number of anilines is 2. The Morgan fingerprint density at radius 1 is 0.754 bits per heavy atom. The molecule has 340 valence electrons. The van der Waals surface area contributed by atoms with Gasteiger partial charge in [-0.2, -0.15) is 8.62 Å². The van der Waals surface area contributed by atoms with Gasteiger partial charge in [-0.05, 0) is 13.8 Å². The lowest BCUT2D eigenvalue weighted by atomic mass is 10.1. The Labute approximate surface area is 340 Å². The number of fused-ring (bicyclic) bond motifs is 2. The van der Waals surface area contributed by atoms with E-state index in [9.17, 15) is 57.6 Å². The summed E-state index contributed by atoms with van der Waals surface area (Å²) in [5.74, 6) is -0.601. The van der Waals surface area contributed by atoms with Crippen LogP contribution in [0, 0.1) is 0 Å². The summed E-state index contributed by atoms with van der Waals surface area (Å²) in [5.41, 5.74) is 9.86. The Hall–Kier alpha value is -3.38. The molecule has 0 bridgehead atoms. The fraction of sp³-hybridized carbons (Fsp3) is 0.615. The number of nitrogen functional groups attached to an aromatic ring is 2. The van der Waals surface area contributed by atoms with Gasteiger partial charge in [0.25, 0.3) is 23.0 Å². The summed E-state index contributed by atoms with van der Waals surface area (Å²) >= 11 is 0. The third kappa shape index (κ3) is 10.2. The maximum absolute atomic E-state index is 12.9. The van der Waals surface area contributed by atoms with Crippen LogP contribution in [0.5, 0.6) is 0 Å². The zero-order valence-electron chi connectivity index (χ0n) is 32.2. The summed E-state index contributed by atoms with van der Waals surface area (Å²) in [5, 5.41) is 22.3. The summed E-state index contributed by atoms with van der Waals surface area (Å²) in [7, 11) is -18.6. The second kappa shape index (κ2) is 17.3. The number of imidazole rings is 2. The summed E-state index contributed by atoms with van der Waals surface area (Å²) in [6, 6.07) is 0. The number of hydrogen-bond donors (Lipinski definition) is 10. The lowest BCUT2D eigenvalue weighted by molar-refractivity contribution is -0.746. The minimum atomic E-state index is -6.10. The van der Waals surface area contributed by atoms with Crippen LogP contribution in [0.1, 0.15) is 26.3 Å². The predicted octanol–water partition coefficient (Wildman–Crippen LogP) is -2.91. The van der Waals surface area contributed by atoms with E-state index < -0.39 is 111 Å². The number of aromatic nitrogens is 8. The molecule has 0 aliphatic carbocycles. The van der Waals surface area contributed by atoms with Gasteiger partial charge in [-0.25, -0.2) is 27.4 Å². The van der Waals surface area contributed by atoms with Crippen molar-refractivity contribution in [2.75, 3.05) is 31.8 Å². The molecule has 12 N–H and O–H groups in total. The van der Waals surface area contributed by atoms with Crippen molar-refractivity contribution in [3.63, 3.8) is 0 Å². The van der Waals surface area contributed by atoms with E-state index in [2.05, 4.69) is 28.6 Å². The fourth-order valence-corrected chi connectivity index (χ4v) is 11.3. The van der Waals surface area contributed by atoms with Crippen molar-refractivity contribution in [3.8, 4) is 0 Å². The van der Waals surface area contributed by atoms with E-state index in [-0.39, 0.29) is 34.2 Å². The number of methoxy groups -OCH3 is 1. The number of aromatic amines is 2. The van der Waals surface area contributed by atoms with Gasteiger partial charge in [-0.15, -0.1) is 0 Å². The number of nitrogens with zero attached hydrogens (tertiary/aromatic N) is 6. The van der Waals surface area contributed by atoms with E-state index in [1.807, 2.05) is 0 Å². The summed E-state index contributed by atoms with van der Waals surface area (Å²) < 4.78 is 101. The van der Waals surface area contributed by atoms with Crippen molar-refractivity contribution in [3.05, 3.63) is 33.4 Å². The SMILES string of the molecule is COC1C(O)[C@H]([n+]2cn(C)c3c(=O)[nH]c(N)nc32)O[C@@H]1COP(=O)(O)OP(=O)(O)OP(=O)(O)OC[C@H]1O[C@@H]([n+]2cn(C)c3c(=O)[nH]c(N)nc32)[C@@H](O)C1OP(=O)(O)OC(C)C. The number of nitrogens with one attached hydrogen (secondary N) is 2. The number of aliphatic hydroxyl groups excluding tert-OH is 2. The first-order chi connectivity index (χ1) is 28.2. The van der Waals surface area contributed by atoms with E-state index >= 15 is 0 Å². The summed E-state index contributed by atoms with van der Waals surface area (Å²) in [6.07, 6.45) is -11.3. The molecule has 6 heterocycles. The molecule has 2 aliphatic heterocycles.